The summed E-state index contributed by atoms with van der Waals surface area (Å²) in [5.41, 5.74) is 0.541. The van der Waals surface area contributed by atoms with Gasteiger partial charge in [0.1, 0.15) is 6.54 Å². The van der Waals surface area contributed by atoms with E-state index in [0.29, 0.717) is 35.7 Å². The molecule has 1 aliphatic rings. The van der Waals surface area contributed by atoms with Crippen molar-refractivity contribution < 1.29 is 9.53 Å². The summed E-state index contributed by atoms with van der Waals surface area (Å²) in [6.07, 6.45) is 0. The first-order valence-electron chi connectivity index (χ1n) is 11.1. The molecule has 0 bridgehead atoms. The molecule has 0 saturated carbocycles. The number of amides is 1. The van der Waals surface area contributed by atoms with Crippen LogP contribution in [-0.2, 0) is 22.6 Å². The van der Waals surface area contributed by atoms with E-state index in [0.717, 1.165) is 23.2 Å². The van der Waals surface area contributed by atoms with E-state index in [4.69, 9.17) is 16.3 Å². The lowest BCUT2D eigenvalue weighted by Crippen LogP contribution is -2.45. The average molecular weight is 471 g/mol. The smallest absolute Gasteiger partial charge is 0.331 e. The van der Waals surface area contributed by atoms with Crippen molar-refractivity contribution in [2.45, 2.75) is 26.1 Å². The van der Waals surface area contributed by atoms with Gasteiger partial charge in [-0.05, 0) is 30.7 Å². The van der Waals surface area contributed by atoms with Crippen molar-refractivity contribution >= 4 is 28.4 Å². The minimum atomic E-state index is -0.493. The van der Waals surface area contributed by atoms with E-state index in [2.05, 4.69) is 10.2 Å². The number of hydrogen-bond acceptors (Lipinski definition) is 5. The lowest BCUT2D eigenvalue weighted by atomic mass is 10.0. The Balaban J connectivity index is 1.58. The SMILES string of the molecule is CCn1c(=O)c2ccccc2n(CC(=O)NCC(c2ccccc2Cl)N2CCOCC2)c1=O. The molecule has 4 rings (SSSR count). The largest absolute Gasteiger partial charge is 0.379 e. The normalized spacial score (nSPS) is 15.5. The molecule has 1 saturated heterocycles. The van der Waals surface area contributed by atoms with E-state index < -0.39 is 5.69 Å². The molecule has 174 valence electrons. The highest BCUT2D eigenvalue weighted by atomic mass is 35.5. The first-order chi connectivity index (χ1) is 16.0. The minimum Gasteiger partial charge on any atom is -0.379 e. The van der Waals surface area contributed by atoms with Crippen LogP contribution in [0.3, 0.4) is 0 Å². The Hall–Kier alpha value is -2.94. The molecule has 0 aliphatic carbocycles. The maximum absolute atomic E-state index is 13.0. The Labute approximate surface area is 196 Å². The Morgan fingerprint density at radius 1 is 1.06 bits per heavy atom. The molecule has 2 heterocycles. The number of benzene rings is 2. The third-order valence-electron chi connectivity index (χ3n) is 5.99. The van der Waals surface area contributed by atoms with Crippen LogP contribution in [0.2, 0.25) is 5.02 Å². The summed E-state index contributed by atoms with van der Waals surface area (Å²) < 4.78 is 7.98. The van der Waals surface area contributed by atoms with Crippen molar-refractivity contribution in [2.24, 2.45) is 0 Å². The maximum atomic E-state index is 13.0. The van der Waals surface area contributed by atoms with Gasteiger partial charge in [-0.1, -0.05) is 41.9 Å². The number of ether oxygens (including phenoxy) is 1. The zero-order valence-electron chi connectivity index (χ0n) is 18.5. The van der Waals surface area contributed by atoms with Crippen LogP contribution in [0.15, 0.2) is 58.1 Å². The molecule has 0 radical (unpaired) electrons. The van der Waals surface area contributed by atoms with Gasteiger partial charge in [0.15, 0.2) is 0 Å². The fourth-order valence-corrected chi connectivity index (χ4v) is 4.54. The fraction of sp³-hybridized carbons (Fsp3) is 0.375. The molecule has 9 heteroatoms. The highest BCUT2D eigenvalue weighted by Crippen LogP contribution is 2.27. The van der Waals surface area contributed by atoms with Crippen molar-refractivity contribution in [1.29, 1.82) is 0 Å². The van der Waals surface area contributed by atoms with Crippen molar-refractivity contribution in [3.05, 3.63) is 80.0 Å². The first kappa shape index (κ1) is 23.2. The lowest BCUT2D eigenvalue weighted by Gasteiger charge is -2.35. The zero-order chi connectivity index (χ0) is 23.4. The third kappa shape index (κ3) is 4.88. The molecule has 1 N–H and O–H groups in total. The molecular weight excluding hydrogens is 444 g/mol. The van der Waals surface area contributed by atoms with Crippen LogP contribution < -0.4 is 16.6 Å². The number of carbonyl (C=O) groups excluding carboxylic acids is 1. The van der Waals surface area contributed by atoms with Crippen LogP contribution in [0.1, 0.15) is 18.5 Å². The number of aromatic nitrogens is 2. The number of morpholine rings is 1. The summed E-state index contributed by atoms with van der Waals surface area (Å²) in [5.74, 6) is -0.311. The zero-order valence-corrected chi connectivity index (χ0v) is 19.3. The van der Waals surface area contributed by atoms with E-state index >= 15 is 0 Å². The number of nitrogens with one attached hydrogen (secondary N) is 1. The number of rotatable bonds is 7. The predicted molar refractivity (Wildman–Crippen MR) is 128 cm³/mol. The number of hydrogen-bond donors (Lipinski definition) is 1. The van der Waals surface area contributed by atoms with E-state index in [9.17, 15) is 14.4 Å². The van der Waals surface area contributed by atoms with Gasteiger partial charge in [0.25, 0.3) is 5.56 Å². The van der Waals surface area contributed by atoms with Gasteiger partial charge < -0.3 is 10.1 Å². The molecule has 33 heavy (non-hydrogen) atoms. The van der Waals surface area contributed by atoms with Crippen LogP contribution in [0.4, 0.5) is 0 Å². The second-order valence-electron chi connectivity index (χ2n) is 7.93. The van der Waals surface area contributed by atoms with E-state index in [-0.39, 0.29) is 30.6 Å². The quantitative estimate of drug-likeness (QED) is 0.571. The number of halogens is 1. The number of nitrogens with zero attached hydrogens (tertiary/aromatic N) is 3. The van der Waals surface area contributed by atoms with Gasteiger partial charge in [0.05, 0.1) is 30.2 Å². The van der Waals surface area contributed by atoms with Crippen LogP contribution in [0, 0.1) is 0 Å². The van der Waals surface area contributed by atoms with E-state index in [1.807, 2.05) is 24.3 Å². The summed E-state index contributed by atoms with van der Waals surface area (Å²) in [5, 5.41) is 4.02. The summed E-state index contributed by atoms with van der Waals surface area (Å²) >= 11 is 6.47. The molecule has 1 unspecified atom stereocenters. The van der Waals surface area contributed by atoms with Crippen LogP contribution >= 0.6 is 11.6 Å². The van der Waals surface area contributed by atoms with E-state index in [1.165, 1.54) is 4.57 Å². The summed E-state index contributed by atoms with van der Waals surface area (Å²) in [6, 6.07) is 14.3. The third-order valence-corrected chi connectivity index (χ3v) is 6.34. The second-order valence-corrected chi connectivity index (χ2v) is 8.33. The van der Waals surface area contributed by atoms with Crippen LogP contribution in [0.5, 0.6) is 0 Å². The highest BCUT2D eigenvalue weighted by Gasteiger charge is 2.25. The molecule has 1 amide bonds. The number of fused-ring (bicyclic) bond motifs is 1. The standard InChI is InChI=1S/C24H27ClN4O4/c1-2-28-23(31)18-8-4-6-10-20(18)29(24(28)32)16-22(30)26-15-21(27-11-13-33-14-12-27)17-7-3-5-9-19(17)25/h3-10,21H,2,11-16H2,1H3,(H,26,30). The van der Waals surface area contributed by atoms with Crippen molar-refractivity contribution in [1.82, 2.24) is 19.4 Å². The molecule has 1 atom stereocenters. The van der Waals surface area contributed by atoms with Gasteiger partial charge in [0, 0.05) is 31.2 Å². The summed E-state index contributed by atoms with van der Waals surface area (Å²) in [6.45, 7) is 4.83. The van der Waals surface area contributed by atoms with Crippen molar-refractivity contribution in [3.63, 3.8) is 0 Å². The topological polar surface area (TPSA) is 85.6 Å². The van der Waals surface area contributed by atoms with Gasteiger partial charge >= 0.3 is 5.69 Å². The number of para-hydroxylation sites is 1. The monoisotopic (exact) mass is 470 g/mol. The molecule has 2 aromatic carbocycles. The summed E-state index contributed by atoms with van der Waals surface area (Å²) in [4.78, 5) is 40.7. The molecule has 1 fully saturated rings. The Morgan fingerprint density at radius 2 is 1.76 bits per heavy atom. The van der Waals surface area contributed by atoms with E-state index in [1.54, 1.807) is 31.2 Å². The minimum absolute atomic E-state index is 0.121. The molecule has 1 aliphatic heterocycles. The van der Waals surface area contributed by atoms with Gasteiger partial charge in [-0.2, -0.15) is 0 Å². The highest BCUT2D eigenvalue weighted by molar-refractivity contribution is 6.31. The van der Waals surface area contributed by atoms with Crippen molar-refractivity contribution in [2.75, 3.05) is 32.8 Å². The van der Waals surface area contributed by atoms with Gasteiger partial charge in [-0.3, -0.25) is 23.6 Å². The molecular formula is C24H27ClN4O4. The second kappa shape index (κ2) is 10.3. The molecule has 3 aromatic rings. The fourth-order valence-electron chi connectivity index (χ4n) is 4.28. The number of carbonyl (C=O) groups is 1. The van der Waals surface area contributed by atoms with Crippen molar-refractivity contribution in [3.8, 4) is 0 Å². The molecule has 8 nitrogen and oxygen atoms in total. The first-order valence-corrected chi connectivity index (χ1v) is 11.4. The lowest BCUT2D eigenvalue weighted by molar-refractivity contribution is -0.122. The Bertz CT molecular complexity index is 1260. The summed E-state index contributed by atoms with van der Waals surface area (Å²) in [7, 11) is 0. The van der Waals surface area contributed by atoms with Gasteiger partial charge in [-0.25, -0.2) is 4.79 Å². The Kier molecular flexibility index (Phi) is 7.27. The predicted octanol–water partition coefficient (Wildman–Crippen LogP) is 2.03. The van der Waals surface area contributed by atoms with Crippen LogP contribution in [-0.4, -0.2) is 52.8 Å². The van der Waals surface area contributed by atoms with Crippen LogP contribution in [0.25, 0.3) is 10.9 Å². The molecule has 0 spiro atoms. The van der Waals surface area contributed by atoms with Gasteiger partial charge in [-0.15, -0.1) is 0 Å². The average Bonchev–Trinajstić information content (AvgIpc) is 2.84. The maximum Gasteiger partial charge on any atom is 0.331 e. The van der Waals surface area contributed by atoms with Gasteiger partial charge in [0.2, 0.25) is 5.91 Å². The Morgan fingerprint density at radius 3 is 2.48 bits per heavy atom. The molecule has 1 aromatic heterocycles.